The number of esters is 1. The Balaban J connectivity index is 1.97. The number of thiophene rings is 1. The van der Waals surface area contributed by atoms with Gasteiger partial charge in [0.15, 0.2) is 0 Å². The van der Waals surface area contributed by atoms with Crippen molar-refractivity contribution >= 4 is 50.7 Å². The number of nitrogens with zero attached hydrogens (tertiary/aromatic N) is 1. The van der Waals surface area contributed by atoms with Gasteiger partial charge in [-0.1, -0.05) is 11.6 Å². The van der Waals surface area contributed by atoms with Gasteiger partial charge in [0.2, 0.25) is 0 Å². The summed E-state index contributed by atoms with van der Waals surface area (Å²) in [5, 5.41) is 0.124. The van der Waals surface area contributed by atoms with Gasteiger partial charge >= 0.3 is 5.97 Å². The quantitative estimate of drug-likeness (QED) is 0.756. The van der Waals surface area contributed by atoms with Gasteiger partial charge in [-0.2, -0.15) is 4.31 Å². The Morgan fingerprint density at radius 3 is 2.95 bits per heavy atom. The van der Waals surface area contributed by atoms with Crippen molar-refractivity contribution in [1.29, 1.82) is 0 Å². The smallest absolute Gasteiger partial charge is 0.315 e. The van der Waals surface area contributed by atoms with Crippen LogP contribution in [0.1, 0.15) is 6.42 Å². The molecule has 0 amide bonds. The second-order valence-corrected chi connectivity index (χ2v) is 9.39. The molecule has 112 valence electrons. The largest absolute Gasteiger partial charge is 0.468 e. The molecule has 0 N–H and O–H groups in total. The fraction of sp³-hybridized carbons (Fsp3) is 0.545. The first-order valence-corrected chi connectivity index (χ1v) is 9.55. The van der Waals surface area contributed by atoms with Gasteiger partial charge in [-0.25, -0.2) is 8.42 Å². The van der Waals surface area contributed by atoms with Crippen LogP contribution in [0.2, 0.25) is 4.34 Å². The van der Waals surface area contributed by atoms with Gasteiger partial charge in [0.25, 0.3) is 10.0 Å². The van der Waals surface area contributed by atoms with E-state index in [1.807, 2.05) is 0 Å². The third kappa shape index (κ3) is 3.67. The average Bonchev–Trinajstić information content (AvgIpc) is 3.05. The molecule has 1 fully saturated rings. The summed E-state index contributed by atoms with van der Waals surface area (Å²) in [5.74, 6) is -0.0405. The second kappa shape index (κ2) is 6.65. The Morgan fingerprint density at radius 2 is 2.35 bits per heavy atom. The normalized spacial score (nSPS) is 20.2. The summed E-state index contributed by atoms with van der Waals surface area (Å²) in [7, 11) is -2.11. The zero-order valence-electron chi connectivity index (χ0n) is 10.7. The first kappa shape index (κ1) is 16.1. The molecule has 1 aromatic heterocycles. The second-order valence-electron chi connectivity index (χ2n) is 4.22. The van der Waals surface area contributed by atoms with Gasteiger partial charge in [-0.15, -0.1) is 23.1 Å². The molecule has 20 heavy (non-hydrogen) atoms. The third-order valence-electron chi connectivity index (χ3n) is 2.92. The van der Waals surface area contributed by atoms with Gasteiger partial charge in [-0.05, 0) is 18.6 Å². The number of thioether (sulfide) groups is 1. The summed E-state index contributed by atoms with van der Waals surface area (Å²) < 4.78 is 31.5. The monoisotopic (exact) mass is 355 g/mol. The minimum atomic E-state index is -3.46. The molecule has 1 aliphatic rings. The Morgan fingerprint density at radius 1 is 1.60 bits per heavy atom. The highest BCUT2D eigenvalue weighted by atomic mass is 35.5. The van der Waals surface area contributed by atoms with Gasteiger partial charge < -0.3 is 4.74 Å². The van der Waals surface area contributed by atoms with Crippen molar-refractivity contribution in [2.24, 2.45) is 0 Å². The summed E-state index contributed by atoms with van der Waals surface area (Å²) in [4.78, 5) is 11.1. The summed E-state index contributed by atoms with van der Waals surface area (Å²) in [6, 6.07) is 3.11. The minimum Gasteiger partial charge on any atom is -0.468 e. The van der Waals surface area contributed by atoms with E-state index in [4.69, 9.17) is 11.6 Å². The number of sulfonamides is 1. The summed E-state index contributed by atoms with van der Waals surface area (Å²) >= 11 is 8.28. The maximum atomic E-state index is 12.4. The van der Waals surface area contributed by atoms with Gasteiger partial charge in [-0.3, -0.25) is 4.79 Å². The maximum Gasteiger partial charge on any atom is 0.315 e. The van der Waals surface area contributed by atoms with Gasteiger partial charge in [0.05, 0.1) is 17.2 Å². The zero-order chi connectivity index (χ0) is 14.8. The summed E-state index contributed by atoms with van der Waals surface area (Å²) in [6.45, 7) is 0.885. The minimum absolute atomic E-state index is 0.124. The van der Waals surface area contributed by atoms with E-state index < -0.39 is 10.0 Å². The van der Waals surface area contributed by atoms with Crippen LogP contribution in [0.15, 0.2) is 16.3 Å². The maximum absolute atomic E-state index is 12.4. The van der Waals surface area contributed by atoms with Gasteiger partial charge in [0.1, 0.15) is 4.21 Å². The van der Waals surface area contributed by atoms with Crippen LogP contribution in [0, 0.1) is 0 Å². The molecule has 1 aliphatic heterocycles. The van der Waals surface area contributed by atoms with E-state index in [-0.39, 0.29) is 21.2 Å². The molecular weight excluding hydrogens is 342 g/mol. The zero-order valence-corrected chi connectivity index (χ0v) is 13.9. The lowest BCUT2D eigenvalue weighted by molar-refractivity contribution is -0.137. The molecule has 2 rings (SSSR count). The topological polar surface area (TPSA) is 63.7 Å². The summed E-state index contributed by atoms with van der Waals surface area (Å²) in [6.07, 6.45) is 0.736. The highest BCUT2D eigenvalue weighted by Crippen LogP contribution is 2.32. The molecule has 0 bridgehead atoms. The number of carbonyl (C=O) groups is 1. The van der Waals surface area contributed by atoms with E-state index in [0.717, 1.165) is 17.8 Å². The lowest BCUT2D eigenvalue weighted by Crippen LogP contribution is -2.28. The number of rotatable bonds is 5. The molecule has 0 aliphatic carbocycles. The Kier molecular flexibility index (Phi) is 5.36. The van der Waals surface area contributed by atoms with E-state index >= 15 is 0 Å². The highest BCUT2D eigenvalue weighted by Gasteiger charge is 2.33. The molecule has 0 spiro atoms. The highest BCUT2D eigenvalue weighted by molar-refractivity contribution is 8.00. The van der Waals surface area contributed by atoms with Crippen LogP contribution in [0.25, 0.3) is 0 Å². The predicted octanol–water partition coefficient (Wildman–Crippen LogP) is 2.07. The molecule has 0 aromatic carbocycles. The van der Waals surface area contributed by atoms with Crippen LogP contribution in [0.4, 0.5) is 0 Å². The van der Waals surface area contributed by atoms with Crippen molar-refractivity contribution in [2.75, 3.05) is 26.0 Å². The molecule has 0 unspecified atom stereocenters. The van der Waals surface area contributed by atoms with Crippen LogP contribution in [0.5, 0.6) is 0 Å². The Hall–Kier alpha value is -0.280. The lowest BCUT2D eigenvalue weighted by Gasteiger charge is -2.15. The van der Waals surface area contributed by atoms with Crippen LogP contribution in [-0.2, 0) is 19.6 Å². The first-order valence-electron chi connectivity index (χ1n) is 5.87. The number of ether oxygens (including phenoxy) is 1. The van der Waals surface area contributed by atoms with Crippen molar-refractivity contribution in [2.45, 2.75) is 15.9 Å². The number of methoxy groups -OCH3 is 1. The number of hydrogen-bond acceptors (Lipinski definition) is 6. The number of hydrogen-bond donors (Lipinski definition) is 0. The van der Waals surface area contributed by atoms with Crippen molar-refractivity contribution in [3.63, 3.8) is 0 Å². The van der Waals surface area contributed by atoms with Crippen LogP contribution >= 0.6 is 34.7 Å². The predicted molar refractivity (Wildman–Crippen MR) is 81.0 cm³/mol. The molecule has 9 heteroatoms. The van der Waals surface area contributed by atoms with Gasteiger partial charge in [0, 0.05) is 18.3 Å². The average molecular weight is 356 g/mol. The molecule has 1 saturated heterocycles. The number of halogens is 1. The van der Waals surface area contributed by atoms with E-state index in [9.17, 15) is 13.2 Å². The van der Waals surface area contributed by atoms with Crippen LogP contribution in [-0.4, -0.2) is 49.9 Å². The molecule has 2 heterocycles. The first-order chi connectivity index (χ1) is 9.43. The van der Waals surface area contributed by atoms with E-state index in [2.05, 4.69) is 4.74 Å². The van der Waals surface area contributed by atoms with Crippen LogP contribution < -0.4 is 0 Å². The standard InChI is InChI=1S/C11H14ClNO4S3/c1-17-10(14)7-18-8-4-5-13(6-8)20(15,16)11-3-2-9(12)19-11/h2-3,8H,4-7H2,1H3/t8-/m1/s1. The van der Waals surface area contributed by atoms with Crippen molar-refractivity contribution in [3.05, 3.63) is 16.5 Å². The Bertz CT molecular complexity index is 586. The molecule has 0 saturated carbocycles. The fourth-order valence-corrected chi connectivity index (χ4v) is 6.14. The van der Waals surface area contributed by atoms with E-state index in [1.54, 1.807) is 6.07 Å². The van der Waals surface area contributed by atoms with Crippen molar-refractivity contribution in [1.82, 2.24) is 4.31 Å². The summed E-state index contributed by atoms with van der Waals surface area (Å²) in [5.41, 5.74) is 0. The SMILES string of the molecule is COC(=O)CS[C@@H]1CCN(S(=O)(=O)c2ccc(Cl)s2)C1. The van der Waals surface area contributed by atoms with Crippen LogP contribution in [0.3, 0.4) is 0 Å². The van der Waals surface area contributed by atoms with E-state index in [1.165, 1.54) is 29.2 Å². The lowest BCUT2D eigenvalue weighted by atomic mass is 10.4. The van der Waals surface area contributed by atoms with Crippen molar-refractivity contribution < 1.29 is 17.9 Å². The number of carbonyl (C=O) groups excluding carboxylic acids is 1. The fourth-order valence-electron chi connectivity index (χ4n) is 1.86. The Labute approximate surface area is 131 Å². The third-order valence-corrected chi connectivity index (χ3v) is 7.74. The molecule has 0 radical (unpaired) electrons. The molecule has 1 aromatic rings. The molecule has 1 atom stereocenters. The molecular formula is C11H14ClNO4S3. The van der Waals surface area contributed by atoms with E-state index in [0.29, 0.717) is 17.4 Å². The van der Waals surface area contributed by atoms with Crippen molar-refractivity contribution in [3.8, 4) is 0 Å². The molecule has 5 nitrogen and oxygen atoms in total.